The highest BCUT2D eigenvalue weighted by molar-refractivity contribution is 6.58. The molecular weight excluding hydrogens is 208 g/mol. The fraction of sp³-hybridized carbons (Fsp3) is 0.727. The number of nitrogens with one attached hydrogen (secondary N) is 1. The molecule has 1 saturated carbocycles. The number of hydrogen-bond acceptors (Lipinski definition) is 5. The van der Waals surface area contributed by atoms with Crippen molar-refractivity contribution in [2.45, 2.75) is 44.9 Å². The largest absolute Gasteiger partial charge is 0.464 e. The Morgan fingerprint density at radius 3 is 2.69 bits per heavy atom. The molecule has 90 valence electrons. The number of hydrogen-bond donors (Lipinski definition) is 1. The van der Waals surface area contributed by atoms with Gasteiger partial charge < -0.3 is 9.47 Å². The van der Waals surface area contributed by atoms with E-state index in [-0.39, 0.29) is 18.0 Å². The molecule has 1 aliphatic rings. The average molecular weight is 226 g/mol. The van der Waals surface area contributed by atoms with Crippen LogP contribution < -0.4 is 0 Å². The summed E-state index contributed by atoms with van der Waals surface area (Å²) in [6.07, 6.45) is 5.72. The zero-order chi connectivity index (χ0) is 12.0. The third-order valence-corrected chi connectivity index (χ3v) is 2.51. The van der Waals surface area contributed by atoms with Crippen molar-refractivity contribution in [3.8, 4) is 0 Å². The van der Waals surface area contributed by atoms with E-state index in [0.717, 1.165) is 12.8 Å². The van der Waals surface area contributed by atoms with E-state index in [1.807, 2.05) is 0 Å². The lowest BCUT2D eigenvalue weighted by Gasteiger charge is -2.14. The SMILES string of the molecule is COC(=O)C(=N)/C=N\C(C)OC1CCCC1. The monoisotopic (exact) mass is 226 g/mol. The van der Waals surface area contributed by atoms with Gasteiger partial charge in [-0.3, -0.25) is 10.4 Å². The van der Waals surface area contributed by atoms with Crippen molar-refractivity contribution in [1.29, 1.82) is 5.41 Å². The topological polar surface area (TPSA) is 71.7 Å². The van der Waals surface area contributed by atoms with Gasteiger partial charge in [-0.1, -0.05) is 12.8 Å². The maximum absolute atomic E-state index is 10.9. The lowest BCUT2D eigenvalue weighted by molar-refractivity contribution is -0.132. The fourth-order valence-electron chi connectivity index (χ4n) is 1.68. The van der Waals surface area contributed by atoms with Gasteiger partial charge in [0.05, 0.1) is 19.4 Å². The van der Waals surface area contributed by atoms with Crippen molar-refractivity contribution in [3.63, 3.8) is 0 Å². The van der Waals surface area contributed by atoms with Crippen LogP contribution in [0, 0.1) is 5.41 Å². The molecule has 0 saturated heterocycles. The van der Waals surface area contributed by atoms with E-state index < -0.39 is 5.97 Å². The van der Waals surface area contributed by atoms with E-state index in [1.54, 1.807) is 6.92 Å². The first-order valence-electron chi connectivity index (χ1n) is 5.49. The summed E-state index contributed by atoms with van der Waals surface area (Å²) in [6, 6.07) is 0. The van der Waals surface area contributed by atoms with Crippen LogP contribution in [-0.2, 0) is 14.3 Å². The van der Waals surface area contributed by atoms with Crippen molar-refractivity contribution in [2.75, 3.05) is 7.11 Å². The molecule has 5 nitrogen and oxygen atoms in total. The third-order valence-electron chi connectivity index (χ3n) is 2.51. The fourth-order valence-corrected chi connectivity index (χ4v) is 1.68. The van der Waals surface area contributed by atoms with Crippen LogP contribution in [0.1, 0.15) is 32.6 Å². The van der Waals surface area contributed by atoms with E-state index in [9.17, 15) is 4.79 Å². The molecule has 0 spiro atoms. The first kappa shape index (κ1) is 12.8. The van der Waals surface area contributed by atoms with Gasteiger partial charge in [-0.05, 0) is 19.8 Å². The quantitative estimate of drug-likeness (QED) is 0.571. The highest BCUT2D eigenvalue weighted by Gasteiger charge is 2.17. The summed E-state index contributed by atoms with van der Waals surface area (Å²) >= 11 is 0. The van der Waals surface area contributed by atoms with Crippen molar-refractivity contribution < 1.29 is 14.3 Å². The highest BCUT2D eigenvalue weighted by atomic mass is 16.5. The first-order valence-corrected chi connectivity index (χ1v) is 5.49. The molecule has 1 atom stereocenters. The molecule has 0 radical (unpaired) electrons. The second-order valence-corrected chi connectivity index (χ2v) is 3.83. The van der Waals surface area contributed by atoms with Crippen LogP contribution in [0.2, 0.25) is 0 Å². The van der Waals surface area contributed by atoms with Gasteiger partial charge in [0.2, 0.25) is 0 Å². The Bertz CT molecular complexity index is 283. The van der Waals surface area contributed by atoms with Gasteiger partial charge in [-0.25, -0.2) is 4.79 Å². The minimum absolute atomic E-state index is 0.260. The lowest BCUT2D eigenvalue weighted by atomic mass is 10.3. The van der Waals surface area contributed by atoms with Gasteiger partial charge in [-0.15, -0.1) is 0 Å². The molecule has 0 aromatic carbocycles. The van der Waals surface area contributed by atoms with Crippen LogP contribution in [0.25, 0.3) is 0 Å². The Kier molecular flexibility index (Phi) is 5.11. The minimum atomic E-state index is -0.684. The predicted octanol–water partition coefficient (Wildman–Crippen LogP) is 1.56. The molecule has 0 bridgehead atoms. The van der Waals surface area contributed by atoms with Crippen molar-refractivity contribution in [3.05, 3.63) is 0 Å². The molecule has 0 aromatic heterocycles. The van der Waals surface area contributed by atoms with Gasteiger partial charge in [0.1, 0.15) is 6.23 Å². The van der Waals surface area contributed by atoms with Gasteiger partial charge in [0, 0.05) is 0 Å². The van der Waals surface area contributed by atoms with Crippen LogP contribution in [0.3, 0.4) is 0 Å². The summed E-state index contributed by atoms with van der Waals surface area (Å²) in [5.41, 5.74) is -0.260. The van der Waals surface area contributed by atoms with Crippen LogP contribution in [0.15, 0.2) is 4.99 Å². The second-order valence-electron chi connectivity index (χ2n) is 3.83. The number of carbonyl (C=O) groups is 1. The summed E-state index contributed by atoms with van der Waals surface area (Å²) in [4.78, 5) is 14.9. The van der Waals surface area contributed by atoms with Crippen molar-refractivity contribution >= 4 is 17.9 Å². The average Bonchev–Trinajstić information content (AvgIpc) is 2.77. The number of rotatable bonds is 5. The van der Waals surface area contributed by atoms with E-state index in [2.05, 4.69) is 9.73 Å². The molecule has 16 heavy (non-hydrogen) atoms. The zero-order valence-corrected chi connectivity index (χ0v) is 9.73. The van der Waals surface area contributed by atoms with E-state index >= 15 is 0 Å². The number of aliphatic imine (C=N–C) groups is 1. The Morgan fingerprint density at radius 2 is 2.12 bits per heavy atom. The predicted molar refractivity (Wildman–Crippen MR) is 61.0 cm³/mol. The molecule has 1 fully saturated rings. The Balaban J connectivity index is 2.32. The maximum atomic E-state index is 10.9. The Morgan fingerprint density at radius 1 is 1.50 bits per heavy atom. The molecule has 1 N–H and O–H groups in total. The van der Waals surface area contributed by atoms with Gasteiger partial charge in [0.25, 0.3) is 0 Å². The molecule has 0 amide bonds. The Labute approximate surface area is 95.4 Å². The molecule has 0 aromatic rings. The highest BCUT2D eigenvalue weighted by Crippen LogP contribution is 2.22. The van der Waals surface area contributed by atoms with Gasteiger partial charge >= 0.3 is 5.97 Å². The third kappa shape index (κ3) is 4.10. The summed E-state index contributed by atoms with van der Waals surface area (Å²) < 4.78 is 10.0. The standard InChI is InChI=1S/C11H18N2O3/c1-8(16-9-5-3-4-6-9)13-7-10(12)11(14)15-2/h7-9,12H,3-6H2,1-2H3/b12-10?,13-7-. The van der Waals surface area contributed by atoms with Crippen LogP contribution in [-0.4, -0.2) is 37.3 Å². The molecule has 0 aliphatic heterocycles. The first-order chi connectivity index (χ1) is 7.63. The van der Waals surface area contributed by atoms with E-state index in [4.69, 9.17) is 10.1 Å². The number of carbonyl (C=O) groups excluding carboxylic acids is 1. The maximum Gasteiger partial charge on any atom is 0.357 e. The molecule has 5 heteroatoms. The van der Waals surface area contributed by atoms with Crippen molar-refractivity contribution in [1.82, 2.24) is 0 Å². The minimum Gasteiger partial charge on any atom is -0.464 e. The van der Waals surface area contributed by atoms with Crippen LogP contribution in [0.4, 0.5) is 0 Å². The smallest absolute Gasteiger partial charge is 0.357 e. The lowest BCUT2D eigenvalue weighted by Crippen LogP contribution is -2.19. The summed E-state index contributed by atoms with van der Waals surface area (Å²) in [7, 11) is 1.24. The van der Waals surface area contributed by atoms with Crippen LogP contribution in [0.5, 0.6) is 0 Å². The second kappa shape index (κ2) is 6.37. The van der Waals surface area contributed by atoms with E-state index in [1.165, 1.54) is 26.2 Å². The summed E-state index contributed by atoms with van der Waals surface area (Å²) in [5, 5.41) is 7.29. The number of methoxy groups -OCH3 is 1. The van der Waals surface area contributed by atoms with Crippen LogP contribution >= 0.6 is 0 Å². The molecule has 1 aliphatic carbocycles. The number of esters is 1. The molecule has 1 unspecified atom stereocenters. The zero-order valence-electron chi connectivity index (χ0n) is 9.73. The molecular formula is C11H18N2O3. The summed E-state index contributed by atoms with van der Waals surface area (Å²) in [5.74, 6) is -0.684. The van der Waals surface area contributed by atoms with Crippen molar-refractivity contribution in [2.24, 2.45) is 4.99 Å². The normalized spacial score (nSPS) is 18.9. The Hall–Kier alpha value is -1.23. The van der Waals surface area contributed by atoms with Gasteiger partial charge in [0.15, 0.2) is 5.71 Å². The number of ether oxygens (including phenoxy) is 2. The molecule has 0 heterocycles. The van der Waals surface area contributed by atoms with E-state index in [0.29, 0.717) is 0 Å². The van der Waals surface area contributed by atoms with Gasteiger partial charge in [-0.2, -0.15) is 0 Å². The molecule has 1 rings (SSSR count). The number of nitrogens with zero attached hydrogens (tertiary/aromatic N) is 1. The summed E-state index contributed by atoms with van der Waals surface area (Å²) in [6.45, 7) is 1.80.